The number of hydrogen-bond donors (Lipinski definition) is 2. The van der Waals surface area contributed by atoms with E-state index in [0.29, 0.717) is 21.8 Å². The van der Waals surface area contributed by atoms with Crippen LogP contribution in [0.2, 0.25) is 5.02 Å². The second kappa shape index (κ2) is 11.5. The van der Waals surface area contributed by atoms with E-state index in [4.69, 9.17) is 16.3 Å². The first-order valence-corrected chi connectivity index (χ1v) is 12.8. The lowest BCUT2D eigenvalue weighted by Crippen LogP contribution is -2.18. The number of nitrogens with zero attached hydrogens (tertiary/aromatic N) is 1. The van der Waals surface area contributed by atoms with Crippen LogP contribution >= 0.6 is 11.6 Å². The van der Waals surface area contributed by atoms with Crippen LogP contribution in [0.3, 0.4) is 0 Å². The Morgan fingerprint density at radius 2 is 1.41 bits per heavy atom. The average Bonchev–Trinajstić information content (AvgIpc) is 2.90. The Labute approximate surface area is 218 Å². The van der Waals surface area contributed by atoms with Crippen LogP contribution in [0, 0.1) is 0 Å². The minimum atomic E-state index is -3.74. The molecule has 8 nitrogen and oxygen atoms in total. The number of carbonyl (C=O) groups excluding carboxylic acids is 2. The number of sulfonamides is 1. The van der Waals surface area contributed by atoms with Crippen LogP contribution in [0.4, 0.5) is 5.69 Å². The maximum absolute atomic E-state index is 12.5. The molecule has 186 valence electrons. The first kappa shape index (κ1) is 25.6. The lowest BCUT2D eigenvalue weighted by molar-refractivity contribution is 0.0734. The third kappa shape index (κ3) is 6.81. The van der Waals surface area contributed by atoms with Crippen LogP contribution in [-0.4, -0.2) is 26.5 Å². The number of anilines is 1. The lowest BCUT2D eigenvalue weighted by atomic mass is 10.2. The summed E-state index contributed by atoms with van der Waals surface area (Å²) < 4.78 is 32.8. The Hall–Kier alpha value is -4.47. The molecule has 4 aromatic rings. The van der Waals surface area contributed by atoms with Crippen LogP contribution in [0.25, 0.3) is 0 Å². The molecule has 0 aliphatic rings. The normalized spacial score (nSPS) is 11.2. The summed E-state index contributed by atoms with van der Waals surface area (Å²) in [5.74, 6) is -0.815. The van der Waals surface area contributed by atoms with Gasteiger partial charge in [0.2, 0.25) is 0 Å². The first-order valence-electron chi connectivity index (χ1n) is 10.9. The fourth-order valence-corrected chi connectivity index (χ4v) is 4.36. The molecular weight excluding hydrogens is 514 g/mol. The largest absolute Gasteiger partial charge is 0.422 e. The molecule has 0 bridgehead atoms. The molecule has 0 aliphatic carbocycles. The SMILES string of the molecule is O=C(N/N=C/c1ccccc1OC(=O)c1ccc(Cl)cc1)c1ccc(NS(=O)(=O)c2ccccc2)cc1. The highest BCUT2D eigenvalue weighted by atomic mass is 35.5. The summed E-state index contributed by atoms with van der Waals surface area (Å²) in [5, 5.41) is 4.45. The van der Waals surface area contributed by atoms with E-state index in [1.54, 1.807) is 66.7 Å². The molecule has 4 rings (SSSR count). The molecule has 0 unspecified atom stereocenters. The minimum absolute atomic E-state index is 0.130. The van der Waals surface area contributed by atoms with Crippen LogP contribution in [0.1, 0.15) is 26.3 Å². The summed E-state index contributed by atoms with van der Waals surface area (Å²) in [7, 11) is -3.74. The van der Waals surface area contributed by atoms with Gasteiger partial charge in [0.05, 0.1) is 16.7 Å². The number of para-hydroxylation sites is 1. The number of amides is 1. The van der Waals surface area contributed by atoms with Crippen molar-refractivity contribution < 1.29 is 22.7 Å². The van der Waals surface area contributed by atoms with Crippen LogP contribution in [0.5, 0.6) is 5.75 Å². The van der Waals surface area contributed by atoms with Gasteiger partial charge in [-0.05, 0) is 72.8 Å². The molecule has 10 heteroatoms. The zero-order valence-electron chi connectivity index (χ0n) is 19.2. The summed E-state index contributed by atoms with van der Waals surface area (Å²) in [5.41, 5.74) is 3.77. The van der Waals surface area contributed by atoms with E-state index in [9.17, 15) is 18.0 Å². The molecule has 0 saturated carbocycles. The zero-order chi connectivity index (χ0) is 26.3. The summed E-state index contributed by atoms with van der Waals surface area (Å²) in [4.78, 5) is 25.0. The van der Waals surface area contributed by atoms with Crippen LogP contribution in [-0.2, 0) is 10.0 Å². The number of rotatable bonds is 8. The number of esters is 1. The Morgan fingerprint density at radius 1 is 0.784 bits per heavy atom. The highest BCUT2D eigenvalue weighted by Crippen LogP contribution is 2.19. The van der Waals surface area contributed by atoms with Gasteiger partial charge in [-0.15, -0.1) is 0 Å². The van der Waals surface area contributed by atoms with Gasteiger partial charge in [-0.2, -0.15) is 5.10 Å². The Morgan fingerprint density at radius 3 is 2.11 bits per heavy atom. The number of benzene rings is 4. The number of carbonyl (C=O) groups is 2. The molecule has 37 heavy (non-hydrogen) atoms. The van der Waals surface area contributed by atoms with Crippen molar-refractivity contribution in [3.8, 4) is 5.75 Å². The van der Waals surface area contributed by atoms with E-state index < -0.39 is 21.9 Å². The van der Waals surface area contributed by atoms with Crippen molar-refractivity contribution in [1.29, 1.82) is 0 Å². The fourth-order valence-electron chi connectivity index (χ4n) is 3.15. The smallest absolute Gasteiger partial charge is 0.343 e. The predicted octanol–water partition coefficient (Wildman–Crippen LogP) is 5.12. The average molecular weight is 534 g/mol. The first-order chi connectivity index (χ1) is 17.8. The maximum Gasteiger partial charge on any atom is 0.343 e. The van der Waals surface area contributed by atoms with E-state index in [2.05, 4.69) is 15.2 Å². The quantitative estimate of drug-likeness (QED) is 0.141. The standard InChI is InChI=1S/C27H20ClN3O5S/c28-22-14-10-20(11-15-22)27(33)36-25-9-5-4-6-21(25)18-29-30-26(32)19-12-16-23(17-13-19)31-37(34,35)24-7-2-1-3-8-24/h1-18,31H,(H,30,32)/b29-18+. The summed E-state index contributed by atoms with van der Waals surface area (Å²) in [6.45, 7) is 0. The fraction of sp³-hybridized carbons (Fsp3) is 0. The zero-order valence-corrected chi connectivity index (χ0v) is 20.7. The molecular formula is C27H20ClN3O5S. The van der Waals surface area contributed by atoms with Crippen molar-refractivity contribution in [2.45, 2.75) is 4.90 Å². The molecule has 0 aromatic heterocycles. The number of nitrogens with one attached hydrogen (secondary N) is 2. The molecule has 1 amide bonds. The number of ether oxygens (including phenoxy) is 1. The van der Waals surface area contributed by atoms with E-state index in [0.717, 1.165) is 0 Å². The molecule has 0 aliphatic heterocycles. The third-order valence-electron chi connectivity index (χ3n) is 5.02. The van der Waals surface area contributed by atoms with Crippen molar-refractivity contribution in [2.24, 2.45) is 5.10 Å². The van der Waals surface area contributed by atoms with Gasteiger partial charge < -0.3 is 4.74 Å². The van der Waals surface area contributed by atoms with E-state index in [-0.39, 0.29) is 16.2 Å². The third-order valence-corrected chi connectivity index (χ3v) is 6.67. The Kier molecular flexibility index (Phi) is 7.97. The molecule has 0 saturated heterocycles. The Balaban J connectivity index is 1.38. The van der Waals surface area contributed by atoms with Gasteiger partial charge in [0.15, 0.2) is 0 Å². The van der Waals surface area contributed by atoms with Crippen molar-refractivity contribution in [2.75, 3.05) is 4.72 Å². The number of hydrazone groups is 1. The van der Waals surface area contributed by atoms with Crippen molar-refractivity contribution in [1.82, 2.24) is 5.43 Å². The molecule has 0 spiro atoms. The van der Waals surface area contributed by atoms with E-state index in [1.165, 1.54) is 42.6 Å². The second-order valence-electron chi connectivity index (χ2n) is 7.63. The van der Waals surface area contributed by atoms with Crippen LogP contribution < -0.4 is 14.9 Å². The van der Waals surface area contributed by atoms with Gasteiger partial charge in [0.1, 0.15) is 5.75 Å². The van der Waals surface area contributed by atoms with Gasteiger partial charge in [0, 0.05) is 21.8 Å². The van der Waals surface area contributed by atoms with Crippen LogP contribution in [0.15, 0.2) is 113 Å². The van der Waals surface area contributed by atoms with Gasteiger partial charge in [-0.25, -0.2) is 18.6 Å². The molecule has 0 heterocycles. The second-order valence-corrected chi connectivity index (χ2v) is 9.75. The van der Waals surface area contributed by atoms with Crippen molar-refractivity contribution >= 4 is 45.4 Å². The highest BCUT2D eigenvalue weighted by Gasteiger charge is 2.14. The monoisotopic (exact) mass is 533 g/mol. The topological polar surface area (TPSA) is 114 Å². The minimum Gasteiger partial charge on any atom is -0.422 e. The number of hydrogen-bond acceptors (Lipinski definition) is 6. The van der Waals surface area contributed by atoms with E-state index >= 15 is 0 Å². The van der Waals surface area contributed by atoms with E-state index in [1.807, 2.05) is 0 Å². The Bertz CT molecular complexity index is 1540. The predicted molar refractivity (Wildman–Crippen MR) is 142 cm³/mol. The van der Waals surface area contributed by atoms with Gasteiger partial charge >= 0.3 is 5.97 Å². The molecule has 0 fully saturated rings. The molecule has 0 atom stereocenters. The van der Waals surface area contributed by atoms with Gasteiger partial charge in [0.25, 0.3) is 15.9 Å². The van der Waals surface area contributed by atoms with Crippen molar-refractivity contribution in [3.05, 3.63) is 125 Å². The van der Waals surface area contributed by atoms with Gasteiger partial charge in [-0.3, -0.25) is 9.52 Å². The summed E-state index contributed by atoms with van der Waals surface area (Å²) in [6.07, 6.45) is 1.35. The lowest BCUT2D eigenvalue weighted by Gasteiger charge is -2.09. The summed E-state index contributed by atoms with van der Waals surface area (Å²) in [6, 6.07) is 26.8. The number of halogens is 1. The molecule has 2 N–H and O–H groups in total. The molecule has 0 radical (unpaired) electrons. The summed E-state index contributed by atoms with van der Waals surface area (Å²) >= 11 is 5.85. The maximum atomic E-state index is 12.5. The van der Waals surface area contributed by atoms with Crippen molar-refractivity contribution in [3.63, 3.8) is 0 Å². The van der Waals surface area contributed by atoms with Gasteiger partial charge in [-0.1, -0.05) is 41.9 Å². The molecule has 4 aromatic carbocycles. The highest BCUT2D eigenvalue weighted by molar-refractivity contribution is 7.92.